The summed E-state index contributed by atoms with van der Waals surface area (Å²) in [6.45, 7) is 1.84. The van der Waals surface area contributed by atoms with Gasteiger partial charge in [0.15, 0.2) is 0 Å². The first kappa shape index (κ1) is 18.6. The summed E-state index contributed by atoms with van der Waals surface area (Å²) in [5, 5.41) is 9.77. The maximum atomic E-state index is 12.6. The number of carbonyl (C=O) groups is 1. The van der Waals surface area contributed by atoms with Crippen molar-refractivity contribution in [2.45, 2.75) is 25.9 Å². The van der Waals surface area contributed by atoms with Crippen molar-refractivity contribution in [3.05, 3.63) is 65.5 Å². The molecule has 27 heavy (non-hydrogen) atoms. The fourth-order valence-electron chi connectivity index (χ4n) is 2.63. The van der Waals surface area contributed by atoms with Crippen molar-refractivity contribution in [1.29, 1.82) is 0 Å². The lowest BCUT2D eigenvalue weighted by atomic mass is 10.1. The summed E-state index contributed by atoms with van der Waals surface area (Å²) in [7, 11) is 0. The molecule has 1 amide bonds. The SMILES string of the molecule is Cc1c(-c2ccncc2)n[nH]c1NC(=O)CCc1ccc(C(F)(F)F)cc1. The zero-order valence-electron chi connectivity index (χ0n) is 14.5. The average molecular weight is 374 g/mol. The summed E-state index contributed by atoms with van der Waals surface area (Å²) in [4.78, 5) is 16.1. The summed E-state index contributed by atoms with van der Waals surface area (Å²) in [5.74, 6) is 0.252. The van der Waals surface area contributed by atoms with Gasteiger partial charge in [-0.2, -0.15) is 18.3 Å². The Labute approximate surface area is 153 Å². The first-order valence-corrected chi connectivity index (χ1v) is 8.26. The molecular formula is C19H17F3N4O. The van der Waals surface area contributed by atoms with Gasteiger partial charge in [0, 0.05) is 29.9 Å². The summed E-state index contributed by atoms with van der Waals surface area (Å²) < 4.78 is 37.7. The summed E-state index contributed by atoms with van der Waals surface area (Å²) in [6, 6.07) is 8.46. The number of alkyl halides is 3. The summed E-state index contributed by atoms with van der Waals surface area (Å²) in [6.07, 6.45) is -0.555. The first-order valence-electron chi connectivity index (χ1n) is 8.26. The van der Waals surface area contributed by atoms with Crippen LogP contribution in [0.3, 0.4) is 0 Å². The van der Waals surface area contributed by atoms with Crippen LogP contribution < -0.4 is 5.32 Å². The molecule has 3 rings (SSSR count). The monoisotopic (exact) mass is 374 g/mol. The van der Waals surface area contributed by atoms with Gasteiger partial charge in [-0.1, -0.05) is 12.1 Å². The van der Waals surface area contributed by atoms with Crippen molar-refractivity contribution in [3.63, 3.8) is 0 Å². The predicted octanol–water partition coefficient (Wildman–Crippen LogP) is 4.37. The number of pyridine rings is 1. The third kappa shape index (κ3) is 4.52. The molecule has 0 atom stereocenters. The Hall–Kier alpha value is -3.16. The summed E-state index contributed by atoms with van der Waals surface area (Å²) >= 11 is 0. The molecule has 0 spiro atoms. The highest BCUT2D eigenvalue weighted by Crippen LogP contribution is 2.29. The fourth-order valence-corrected chi connectivity index (χ4v) is 2.63. The molecule has 0 aliphatic carbocycles. The smallest absolute Gasteiger partial charge is 0.311 e. The van der Waals surface area contributed by atoms with Crippen LogP contribution >= 0.6 is 0 Å². The van der Waals surface area contributed by atoms with Gasteiger partial charge in [0.05, 0.1) is 11.3 Å². The van der Waals surface area contributed by atoms with Crippen molar-refractivity contribution in [3.8, 4) is 11.3 Å². The highest BCUT2D eigenvalue weighted by Gasteiger charge is 2.29. The molecule has 3 aromatic rings. The van der Waals surface area contributed by atoms with Crippen molar-refractivity contribution in [2.24, 2.45) is 0 Å². The predicted molar refractivity (Wildman–Crippen MR) is 95.0 cm³/mol. The van der Waals surface area contributed by atoms with E-state index in [2.05, 4.69) is 20.5 Å². The highest BCUT2D eigenvalue weighted by atomic mass is 19.4. The number of carbonyl (C=O) groups excluding carboxylic acids is 1. The fraction of sp³-hybridized carbons (Fsp3) is 0.211. The largest absolute Gasteiger partial charge is 0.416 e. The van der Waals surface area contributed by atoms with Crippen molar-refractivity contribution in [1.82, 2.24) is 15.2 Å². The van der Waals surface area contributed by atoms with Crippen LogP contribution in [0.1, 0.15) is 23.1 Å². The number of amides is 1. The number of aryl methyl sites for hydroxylation is 1. The minimum Gasteiger partial charge on any atom is -0.311 e. The van der Waals surface area contributed by atoms with Crippen LogP contribution in [0.5, 0.6) is 0 Å². The number of hydrogen-bond acceptors (Lipinski definition) is 3. The zero-order valence-corrected chi connectivity index (χ0v) is 14.5. The lowest BCUT2D eigenvalue weighted by molar-refractivity contribution is -0.137. The standard InChI is InChI=1S/C19H17F3N4O/c1-12-17(14-8-10-23-11-9-14)25-26-18(12)24-16(27)7-4-13-2-5-15(6-3-13)19(20,21)22/h2-3,5-6,8-11H,4,7H2,1H3,(H2,24,25,26,27). The second-order valence-corrected chi connectivity index (χ2v) is 6.05. The van der Waals surface area contributed by atoms with Gasteiger partial charge >= 0.3 is 6.18 Å². The number of nitrogens with zero attached hydrogens (tertiary/aromatic N) is 2. The van der Waals surface area contributed by atoms with Crippen LogP contribution in [-0.2, 0) is 17.4 Å². The molecule has 0 fully saturated rings. The van der Waals surface area contributed by atoms with Gasteiger partial charge in [-0.05, 0) is 43.2 Å². The molecule has 8 heteroatoms. The Morgan fingerprint density at radius 2 is 1.78 bits per heavy atom. The molecule has 1 aromatic carbocycles. The number of H-pyrrole nitrogens is 1. The highest BCUT2D eigenvalue weighted by molar-refractivity contribution is 5.91. The van der Waals surface area contributed by atoms with Gasteiger partial charge in [0.25, 0.3) is 0 Å². The van der Waals surface area contributed by atoms with E-state index in [9.17, 15) is 18.0 Å². The normalized spacial score (nSPS) is 11.4. The molecular weight excluding hydrogens is 357 g/mol. The molecule has 140 valence electrons. The Morgan fingerprint density at radius 3 is 2.41 bits per heavy atom. The molecule has 0 bridgehead atoms. The number of nitrogens with one attached hydrogen (secondary N) is 2. The van der Waals surface area contributed by atoms with Crippen LogP contribution in [0.4, 0.5) is 19.0 Å². The van der Waals surface area contributed by atoms with E-state index in [1.807, 2.05) is 19.1 Å². The van der Waals surface area contributed by atoms with Gasteiger partial charge < -0.3 is 5.32 Å². The van der Waals surface area contributed by atoms with E-state index in [0.29, 0.717) is 17.8 Å². The van der Waals surface area contributed by atoms with E-state index in [-0.39, 0.29) is 12.3 Å². The maximum Gasteiger partial charge on any atom is 0.416 e. The van der Waals surface area contributed by atoms with Gasteiger partial charge in [-0.25, -0.2) is 0 Å². The van der Waals surface area contributed by atoms with E-state index in [1.165, 1.54) is 12.1 Å². The van der Waals surface area contributed by atoms with E-state index in [0.717, 1.165) is 29.0 Å². The number of rotatable bonds is 5. The molecule has 0 aliphatic rings. The topological polar surface area (TPSA) is 70.7 Å². The number of halogens is 3. The third-order valence-corrected chi connectivity index (χ3v) is 4.15. The quantitative estimate of drug-likeness (QED) is 0.697. The number of aromatic nitrogens is 3. The molecule has 2 aromatic heterocycles. The van der Waals surface area contributed by atoms with E-state index in [1.54, 1.807) is 12.4 Å². The first-order chi connectivity index (χ1) is 12.8. The van der Waals surface area contributed by atoms with Crippen LogP contribution in [0.15, 0.2) is 48.8 Å². The number of benzene rings is 1. The van der Waals surface area contributed by atoms with Crippen LogP contribution in [-0.4, -0.2) is 21.1 Å². The van der Waals surface area contributed by atoms with E-state index in [4.69, 9.17) is 0 Å². The number of aromatic amines is 1. The maximum absolute atomic E-state index is 12.6. The molecule has 0 saturated heterocycles. The number of anilines is 1. The number of hydrogen-bond donors (Lipinski definition) is 2. The van der Waals surface area contributed by atoms with Crippen LogP contribution in [0.2, 0.25) is 0 Å². The van der Waals surface area contributed by atoms with Gasteiger partial charge in [0.2, 0.25) is 5.91 Å². The average Bonchev–Trinajstić information content (AvgIpc) is 3.01. The Balaban J connectivity index is 1.59. The molecule has 5 nitrogen and oxygen atoms in total. The van der Waals surface area contributed by atoms with E-state index >= 15 is 0 Å². The zero-order chi connectivity index (χ0) is 19.4. The Bertz CT molecular complexity index is 918. The summed E-state index contributed by atoms with van der Waals surface area (Å²) in [5.41, 5.74) is 2.35. The van der Waals surface area contributed by atoms with Crippen molar-refractivity contribution >= 4 is 11.7 Å². The molecule has 0 radical (unpaired) electrons. The van der Waals surface area contributed by atoms with Gasteiger partial charge in [0.1, 0.15) is 5.82 Å². The molecule has 0 unspecified atom stereocenters. The lowest BCUT2D eigenvalue weighted by Gasteiger charge is -2.08. The Morgan fingerprint density at radius 1 is 1.11 bits per heavy atom. The minimum atomic E-state index is -4.36. The van der Waals surface area contributed by atoms with Crippen LogP contribution in [0, 0.1) is 6.92 Å². The van der Waals surface area contributed by atoms with Gasteiger partial charge in [-0.15, -0.1) is 0 Å². The molecule has 2 heterocycles. The molecule has 2 N–H and O–H groups in total. The second kappa shape index (κ2) is 7.61. The van der Waals surface area contributed by atoms with Crippen molar-refractivity contribution < 1.29 is 18.0 Å². The lowest BCUT2D eigenvalue weighted by Crippen LogP contribution is -2.13. The van der Waals surface area contributed by atoms with Crippen molar-refractivity contribution in [2.75, 3.05) is 5.32 Å². The third-order valence-electron chi connectivity index (χ3n) is 4.15. The molecule has 0 saturated carbocycles. The van der Waals surface area contributed by atoms with E-state index < -0.39 is 11.7 Å². The van der Waals surface area contributed by atoms with Gasteiger partial charge in [-0.3, -0.25) is 14.9 Å². The minimum absolute atomic E-state index is 0.147. The Kier molecular flexibility index (Phi) is 5.25. The molecule has 0 aliphatic heterocycles. The second-order valence-electron chi connectivity index (χ2n) is 6.05. The van der Waals surface area contributed by atoms with Crippen LogP contribution in [0.25, 0.3) is 11.3 Å².